The number of nitrogens with two attached hydrogens (primary N) is 1. The summed E-state index contributed by atoms with van der Waals surface area (Å²) in [6.07, 6.45) is -3.65. The average molecular weight is 664 g/mol. The first kappa shape index (κ1) is 33.3. The van der Waals surface area contributed by atoms with E-state index in [0.29, 0.717) is 50.4 Å². The maximum atomic E-state index is 14.9. The maximum absolute atomic E-state index is 14.9. The molecule has 0 bridgehead atoms. The molecule has 254 valence electrons. The number of nitrogens with one attached hydrogen (secondary N) is 1. The van der Waals surface area contributed by atoms with Crippen LogP contribution in [0, 0.1) is 12.3 Å². The monoisotopic (exact) mass is 663 g/mol. The fourth-order valence-corrected chi connectivity index (χ4v) is 6.62. The summed E-state index contributed by atoms with van der Waals surface area (Å²) in [6.45, 7) is 9.80. The molecular weight excluding hydrogens is 623 g/mol. The van der Waals surface area contributed by atoms with Crippen LogP contribution in [0.2, 0.25) is 0 Å². The van der Waals surface area contributed by atoms with Crippen molar-refractivity contribution in [3.05, 3.63) is 77.6 Å². The maximum Gasteiger partial charge on any atom is 0.429 e. The molecule has 10 nitrogen and oxygen atoms in total. The zero-order valence-corrected chi connectivity index (χ0v) is 27.4. The van der Waals surface area contributed by atoms with Gasteiger partial charge >= 0.3 is 12.1 Å². The van der Waals surface area contributed by atoms with Crippen molar-refractivity contribution in [2.24, 2.45) is 5.41 Å². The molecule has 1 spiro atoms. The Morgan fingerprint density at radius 3 is 2.31 bits per heavy atom. The van der Waals surface area contributed by atoms with Crippen LogP contribution in [0.25, 0.3) is 16.8 Å². The van der Waals surface area contributed by atoms with E-state index in [4.69, 9.17) is 10.5 Å². The van der Waals surface area contributed by atoms with E-state index in [0.717, 1.165) is 16.7 Å². The summed E-state index contributed by atoms with van der Waals surface area (Å²) >= 11 is 0. The van der Waals surface area contributed by atoms with Gasteiger partial charge in [0.05, 0.1) is 11.4 Å². The van der Waals surface area contributed by atoms with Crippen LogP contribution in [0.15, 0.2) is 60.8 Å². The van der Waals surface area contributed by atoms with Gasteiger partial charge in [-0.3, -0.25) is 4.79 Å². The van der Waals surface area contributed by atoms with E-state index >= 15 is 0 Å². The summed E-state index contributed by atoms with van der Waals surface area (Å²) in [5.74, 6) is -1.03. The van der Waals surface area contributed by atoms with Crippen molar-refractivity contribution in [1.82, 2.24) is 25.1 Å². The number of nitrogen functional groups attached to an aromatic ring is 1. The molecule has 2 saturated heterocycles. The Hall–Kier alpha value is -4.65. The minimum Gasteiger partial charge on any atom is -0.480 e. The van der Waals surface area contributed by atoms with Crippen LogP contribution < -0.4 is 20.7 Å². The number of benzene rings is 2. The lowest BCUT2D eigenvalue weighted by Crippen LogP contribution is -2.41. The van der Waals surface area contributed by atoms with E-state index in [1.54, 1.807) is 31.3 Å². The highest BCUT2D eigenvalue weighted by Crippen LogP contribution is 2.43. The first-order chi connectivity index (χ1) is 22.6. The molecule has 0 aliphatic carbocycles. The van der Waals surface area contributed by atoms with Gasteiger partial charge in [-0.05, 0) is 65.8 Å². The number of aromatic nitrogens is 4. The number of alkyl halides is 3. The number of carboxylic acid groups (broad SMARTS) is 1. The molecule has 4 N–H and O–H groups in total. The average Bonchev–Trinajstić information content (AvgIpc) is 3.65. The lowest BCUT2D eigenvalue weighted by molar-refractivity contribution is -0.198. The van der Waals surface area contributed by atoms with Gasteiger partial charge in [0.25, 0.3) is 0 Å². The van der Waals surface area contributed by atoms with Crippen molar-refractivity contribution in [2.75, 3.05) is 30.3 Å². The van der Waals surface area contributed by atoms with Crippen molar-refractivity contribution in [3.8, 4) is 22.7 Å². The second-order valence-electron chi connectivity index (χ2n) is 13.9. The molecule has 13 heteroatoms. The molecule has 6 rings (SSSR count). The van der Waals surface area contributed by atoms with Gasteiger partial charge in [0.2, 0.25) is 17.9 Å². The molecule has 2 aromatic carbocycles. The molecule has 0 unspecified atom stereocenters. The molecule has 2 aliphatic heterocycles. The molecule has 2 aromatic heterocycles. The number of piperidine rings is 1. The van der Waals surface area contributed by atoms with Crippen LogP contribution >= 0.6 is 0 Å². The minimum absolute atomic E-state index is 0.0448. The highest BCUT2D eigenvalue weighted by atomic mass is 19.4. The lowest BCUT2D eigenvalue weighted by atomic mass is 9.76. The van der Waals surface area contributed by atoms with E-state index in [2.05, 4.69) is 41.2 Å². The van der Waals surface area contributed by atoms with Crippen LogP contribution in [0.5, 0.6) is 5.88 Å². The number of hydrogen-bond acceptors (Lipinski definition) is 8. The van der Waals surface area contributed by atoms with Crippen LogP contribution in [-0.4, -0.2) is 62.7 Å². The zero-order valence-electron chi connectivity index (χ0n) is 27.4. The number of aliphatic carboxylic acids is 1. The Morgan fingerprint density at radius 2 is 1.73 bits per heavy atom. The second-order valence-corrected chi connectivity index (χ2v) is 13.9. The number of carboxylic acids is 1. The predicted octanol–water partition coefficient (Wildman–Crippen LogP) is 6.23. The minimum atomic E-state index is -4.82. The molecule has 48 heavy (non-hydrogen) atoms. The molecule has 4 heterocycles. The smallest absolute Gasteiger partial charge is 0.429 e. The Kier molecular flexibility index (Phi) is 8.61. The van der Waals surface area contributed by atoms with E-state index in [-0.39, 0.29) is 33.9 Å². The SMILES string of the molecule is Cc1ccn(-c2cc(-c3ccc(C(C)(C)C)cc3)ccc2[C@@H](Oc2cc(N3CCC4(CC3)CN[C@H](C(=O)O)C4)nc(N)n2)C(F)(F)F)n1. The number of anilines is 2. The van der Waals surface area contributed by atoms with Gasteiger partial charge in [-0.15, -0.1) is 0 Å². The van der Waals surface area contributed by atoms with Crippen LogP contribution in [0.3, 0.4) is 0 Å². The molecule has 4 aromatic rings. The number of nitrogens with zero attached hydrogens (tertiary/aromatic N) is 5. The van der Waals surface area contributed by atoms with Gasteiger partial charge in [-0.2, -0.15) is 28.2 Å². The highest BCUT2D eigenvalue weighted by molar-refractivity contribution is 5.74. The second kappa shape index (κ2) is 12.4. The summed E-state index contributed by atoms with van der Waals surface area (Å²) in [5.41, 5.74) is 9.26. The summed E-state index contributed by atoms with van der Waals surface area (Å²) in [5, 5.41) is 16.9. The Labute approximate surface area is 277 Å². The van der Waals surface area contributed by atoms with Gasteiger partial charge in [0.15, 0.2) is 0 Å². The van der Waals surface area contributed by atoms with Gasteiger partial charge in [0, 0.05) is 37.5 Å². The number of ether oxygens (including phenoxy) is 1. The van der Waals surface area contributed by atoms with Crippen LogP contribution in [0.4, 0.5) is 24.9 Å². The van der Waals surface area contributed by atoms with E-state index in [1.165, 1.54) is 16.8 Å². The van der Waals surface area contributed by atoms with Crippen molar-refractivity contribution < 1.29 is 27.8 Å². The van der Waals surface area contributed by atoms with Crippen molar-refractivity contribution in [3.63, 3.8) is 0 Å². The van der Waals surface area contributed by atoms with Gasteiger partial charge in [-0.1, -0.05) is 57.2 Å². The Morgan fingerprint density at radius 1 is 1.04 bits per heavy atom. The van der Waals surface area contributed by atoms with E-state index < -0.39 is 24.3 Å². The Balaban J connectivity index is 1.30. The third-order valence-electron chi connectivity index (χ3n) is 9.42. The normalized spacial score (nSPS) is 18.6. The Bertz CT molecular complexity index is 1790. The van der Waals surface area contributed by atoms with Gasteiger partial charge < -0.3 is 25.8 Å². The molecule has 0 radical (unpaired) electrons. The quantitative estimate of drug-likeness (QED) is 0.211. The highest BCUT2D eigenvalue weighted by Gasteiger charge is 2.46. The molecule has 0 saturated carbocycles. The first-order valence-corrected chi connectivity index (χ1v) is 16.0. The largest absolute Gasteiger partial charge is 0.480 e. The number of carbonyl (C=O) groups is 1. The fraction of sp³-hybridized carbons (Fsp3) is 0.429. The third-order valence-corrected chi connectivity index (χ3v) is 9.42. The van der Waals surface area contributed by atoms with Crippen LogP contribution in [0.1, 0.15) is 63.0 Å². The van der Waals surface area contributed by atoms with Crippen molar-refractivity contribution >= 4 is 17.7 Å². The van der Waals surface area contributed by atoms with Crippen LogP contribution in [-0.2, 0) is 10.2 Å². The molecule has 2 aliphatic rings. The fourth-order valence-electron chi connectivity index (χ4n) is 6.62. The summed E-state index contributed by atoms with van der Waals surface area (Å²) in [6, 6.07) is 15.3. The lowest BCUT2D eigenvalue weighted by Gasteiger charge is -2.39. The van der Waals surface area contributed by atoms with Gasteiger partial charge in [-0.25, -0.2) is 4.68 Å². The standard InChI is InChI=1S/C35H40F3N7O3/c1-21-11-14-45(43-21)27-17-23(22-5-8-24(9-6-22)33(2,3)4)7-10-25(27)30(35(36,37)38)48-29-18-28(41-32(39)42-29)44-15-12-34(13-16-44)19-26(31(46)47)40-20-34/h5-11,14,17-18,26,30,40H,12-13,15-16,19-20H2,1-4H3,(H,46,47)(H2,39,41,42)/t26-,30+/m0/s1. The molecule has 0 amide bonds. The summed E-state index contributed by atoms with van der Waals surface area (Å²) in [4.78, 5) is 21.7. The molecular formula is C35H40F3N7O3. The summed E-state index contributed by atoms with van der Waals surface area (Å²) in [7, 11) is 0. The van der Waals surface area contributed by atoms with Gasteiger partial charge in [0.1, 0.15) is 11.9 Å². The van der Waals surface area contributed by atoms with Crippen molar-refractivity contribution in [1.29, 1.82) is 0 Å². The topological polar surface area (TPSA) is 131 Å². The van der Waals surface area contributed by atoms with E-state index in [9.17, 15) is 23.1 Å². The predicted molar refractivity (Wildman–Crippen MR) is 176 cm³/mol. The number of halogens is 3. The van der Waals surface area contributed by atoms with Crippen molar-refractivity contribution in [2.45, 2.75) is 70.7 Å². The molecule has 2 atom stereocenters. The number of aryl methyl sites for hydroxylation is 1. The first-order valence-electron chi connectivity index (χ1n) is 16.0. The third kappa shape index (κ3) is 6.96. The number of rotatable bonds is 7. The number of hydrogen-bond donors (Lipinski definition) is 3. The van der Waals surface area contributed by atoms with E-state index in [1.807, 2.05) is 29.2 Å². The zero-order chi connectivity index (χ0) is 34.4. The summed E-state index contributed by atoms with van der Waals surface area (Å²) < 4.78 is 51.8. The molecule has 2 fully saturated rings.